The van der Waals surface area contributed by atoms with Crippen molar-refractivity contribution >= 4 is 37.3 Å². The predicted molar refractivity (Wildman–Crippen MR) is 68.7 cm³/mol. The summed E-state index contributed by atoms with van der Waals surface area (Å²) >= 11 is 4.55. The van der Waals surface area contributed by atoms with Crippen molar-refractivity contribution in [3.63, 3.8) is 0 Å². The second kappa shape index (κ2) is 4.31. The van der Waals surface area contributed by atoms with Crippen molar-refractivity contribution in [2.45, 2.75) is 29.3 Å². The van der Waals surface area contributed by atoms with Gasteiger partial charge in [-0.15, -0.1) is 11.3 Å². The summed E-state index contributed by atoms with van der Waals surface area (Å²) in [5.74, 6) is 0. The lowest BCUT2D eigenvalue weighted by Crippen LogP contribution is -2.45. The number of morpholine rings is 1. The van der Waals surface area contributed by atoms with Crippen LogP contribution in [-0.2, 0) is 14.8 Å². The van der Waals surface area contributed by atoms with Gasteiger partial charge < -0.3 is 4.74 Å². The molecule has 3 rings (SSSR count). The molecule has 2 fully saturated rings. The molecule has 2 saturated heterocycles. The molecular weight excluding hydrogens is 326 g/mol. The molecule has 2 bridgehead atoms. The SMILES string of the molecule is O=S(=O)(c1ccc(Br)s1)N1CC2CCC(C1)O2. The molecule has 2 unspecified atom stereocenters. The van der Waals surface area contributed by atoms with Crippen molar-refractivity contribution in [3.8, 4) is 0 Å². The lowest BCUT2D eigenvalue weighted by molar-refractivity contribution is -0.0114. The van der Waals surface area contributed by atoms with E-state index in [-0.39, 0.29) is 12.2 Å². The molecule has 0 aliphatic carbocycles. The third-order valence-electron chi connectivity index (χ3n) is 3.15. The first kappa shape index (κ1) is 12.1. The fourth-order valence-corrected chi connectivity index (χ4v) is 6.00. The van der Waals surface area contributed by atoms with Crippen molar-refractivity contribution in [1.82, 2.24) is 4.31 Å². The van der Waals surface area contributed by atoms with Gasteiger partial charge >= 0.3 is 0 Å². The average Bonchev–Trinajstić information content (AvgIpc) is 2.85. The second-order valence-electron chi connectivity index (χ2n) is 4.34. The molecule has 0 N–H and O–H groups in total. The van der Waals surface area contributed by atoms with Gasteiger partial charge in [0.05, 0.1) is 16.0 Å². The van der Waals surface area contributed by atoms with Crippen LogP contribution in [0, 0.1) is 0 Å². The highest BCUT2D eigenvalue weighted by Crippen LogP contribution is 2.33. The third kappa shape index (κ3) is 2.19. The Morgan fingerprint density at radius 1 is 1.29 bits per heavy atom. The van der Waals surface area contributed by atoms with Crippen LogP contribution in [0.5, 0.6) is 0 Å². The van der Waals surface area contributed by atoms with Crippen molar-refractivity contribution in [2.75, 3.05) is 13.1 Å². The predicted octanol–water partition coefficient (Wildman–Crippen LogP) is 2.06. The maximum absolute atomic E-state index is 12.4. The van der Waals surface area contributed by atoms with Crippen LogP contribution in [0.2, 0.25) is 0 Å². The van der Waals surface area contributed by atoms with Crippen LogP contribution >= 0.6 is 27.3 Å². The lowest BCUT2D eigenvalue weighted by atomic mass is 10.2. The summed E-state index contributed by atoms with van der Waals surface area (Å²) in [5.41, 5.74) is 0. The molecule has 1 aromatic rings. The molecule has 0 radical (unpaired) electrons. The van der Waals surface area contributed by atoms with Crippen LogP contribution in [0.25, 0.3) is 0 Å². The molecule has 94 valence electrons. The second-order valence-corrected chi connectivity index (χ2v) is 8.97. The minimum Gasteiger partial charge on any atom is -0.372 e. The fourth-order valence-electron chi connectivity index (χ4n) is 2.34. The maximum atomic E-state index is 12.4. The highest BCUT2D eigenvalue weighted by molar-refractivity contribution is 9.11. The number of thiophene rings is 1. The Balaban J connectivity index is 1.88. The molecule has 0 saturated carbocycles. The van der Waals surface area contributed by atoms with Crippen LogP contribution in [-0.4, -0.2) is 38.0 Å². The van der Waals surface area contributed by atoms with E-state index < -0.39 is 10.0 Å². The van der Waals surface area contributed by atoms with Crippen LogP contribution < -0.4 is 0 Å². The summed E-state index contributed by atoms with van der Waals surface area (Å²) in [6.45, 7) is 0.989. The Kier molecular flexibility index (Phi) is 3.07. The van der Waals surface area contributed by atoms with Gasteiger partial charge in [0.1, 0.15) is 4.21 Å². The van der Waals surface area contributed by atoms with E-state index in [1.54, 1.807) is 16.4 Å². The smallest absolute Gasteiger partial charge is 0.252 e. The Hall–Kier alpha value is 0.0500. The molecule has 3 heterocycles. The summed E-state index contributed by atoms with van der Waals surface area (Å²) < 4.78 is 33.2. The molecule has 0 amide bonds. The molecule has 0 aromatic carbocycles. The maximum Gasteiger partial charge on any atom is 0.252 e. The molecule has 2 aliphatic heterocycles. The van der Waals surface area contributed by atoms with Crippen LogP contribution in [0.3, 0.4) is 0 Å². The number of fused-ring (bicyclic) bond motifs is 2. The molecular formula is C10H12BrNO3S2. The van der Waals surface area contributed by atoms with Crippen LogP contribution in [0.15, 0.2) is 20.1 Å². The molecule has 7 heteroatoms. The summed E-state index contributed by atoms with van der Waals surface area (Å²) in [4.78, 5) is 0. The number of rotatable bonds is 2. The summed E-state index contributed by atoms with van der Waals surface area (Å²) in [6, 6.07) is 3.42. The Labute approximate surface area is 113 Å². The molecule has 0 spiro atoms. The highest BCUT2D eigenvalue weighted by atomic mass is 79.9. The van der Waals surface area contributed by atoms with Crippen molar-refractivity contribution in [3.05, 3.63) is 15.9 Å². The zero-order valence-electron chi connectivity index (χ0n) is 9.00. The summed E-state index contributed by atoms with van der Waals surface area (Å²) in [6.07, 6.45) is 2.13. The van der Waals surface area contributed by atoms with Gasteiger partial charge in [0.2, 0.25) is 0 Å². The van der Waals surface area contributed by atoms with E-state index >= 15 is 0 Å². The van der Waals surface area contributed by atoms with Crippen molar-refractivity contribution in [2.24, 2.45) is 0 Å². The van der Waals surface area contributed by atoms with Crippen LogP contribution in [0.4, 0.5) is 0 Å². The minimum absolute atomic E-state index is 0.0897. The fraction of sp³-hybridized carbons (Fsp3) is 0.600. The Morgan fingerprint density at radius 3 is 2.47 bits per heavy atom. The topological polar surface area (TPSA) is 46.6 Å². The number of halogens is 1. The normalized spacial score (nSPS) is 29.7. The third-order valence-corrected chi connectivity index (χ3v) is 7.08. The van der Waals surface area contributed by atoms with Crippen LogP contribution in [0.1, 0.15) is 12.8 Å². The number of nitrogens with zero attached hydrogens (tertiary/aromatic N) is 1. The van der Waals surface area contributed by atoms with Gasteiger partial charge in [-0.05, 0) is 40.9 Å². The first-order chi connectivity index (χ1) is 8.05. The zero-order chi connectivity index (χ0) is 12.0. The van der Waals surface area contributed by atoms with E-state index in [4.69, 9.17) is 4.74 Å². The number of hydrogen-bond acceptors (Lipinski definition) is 4. The van der Waals surface area contributed by atoms with Gasteiger partial charge in [-0.3, -0.25) is 0 Å². The van der Waals surface area contributed by atoms with Gasteiger partial charge in [-0.1, -0.05) is 0 Å². The quantitative estimate of drug-likeness (QED) is 0.829. The van der Waals surface area contributed by atoms with E-state index in [0.29, 0.717) is 17.3 Å². The number of ether oxygens (including phenoxy) is 1. The monoisotopic (exact) mass is 337 g/mol. The zero-order valence-corrected chi connectivity index (χ0v) is 12.2. The molecule has 4 nitrogen and oxygen atoms in total. The first-order valence-corrected chi connectivity index (χ1v) is 8.51. The van der Waals surface area contributed by atoms with Gasteiger partial charge in [-0.2, -0.15) is 4.31 Å². The minimum atomic E-state index is -3.33. The first-order valence-electron chi connectivity index (χ1n) is 5.46. The largest absolute Gasteiger partial charge is 0.372 e. The lowest BCUT2D eigenvalue weighted by Gasteiger charge is -2.30. The molecule has 2 atom stereocenters. The van der Waals surface area contributed by atoms with E-state index in [1.165, 1.54) is 11.3 Å². The molecule has 2 aliphatic rings. The Morgan fingerprint density at radius 2 is 1.94 bits per heavy atom. The number of sulfonamides is 1. The highest BCUT2D eigenvalue weighted by Gasteiger charge is 2.39. The van der Waals surface area contributed by atoms with Gasteiger partial charge in [0.15, 0.2) is 0 Å². The molecule has 1 aromatic heterocycles. The van der Waals surface area contributed by atoms with Gasteiger partial charge in [-0.25, -0.2) is 8.42 Å². The van der Waals surface area contributed by atoms with Crippen molar-refractivity contribution in [1.29, 1.82) is 0 Å². The van der Waals surface area contributed by atoms with Crippen molar-refractivity contribution < 1.29 is 13.2 Å². The van der Waals surface area contributed by atoms with Gasteiger partial charge in [0, 0.05) is 13.1 Å². The van der Waals surface area contributed by atoms with Gasteiger partial charge in [0.25, 0.3) is 10.0 Å². The Bertz CT molecular complexity index is 515. The standard InChI is InChI=1S/C10H12BrNO3S2/c11-9-3-4-10(16-9)17(13,14)12-5-7-1-2-8(6-12)15-7/h3-4,7-8H,1-2,5-6H2. The molecule has 17 heavy (non-hydrogen) atoms. The average molecular weight is 338 g/mol. The van der Waals surface area contributed by atoms with E-state index in [2.05, 4.69) is 15.9 Å². The summed E-state index contributed by atoms with van der Waals surface area (Å²) in [5, 5.41) is 0. The van der Waals surface area contributed by atoms with E-state index in [0.717, 1.165) is 16.6 Å². The number of hydrogen-bond donors (Lipinski definition) is 0. The van der Waals surface area contributed by atoms with E-state index in [9.17, 15) is 8.42 Å². The van der Waals surface area contributed by atoms with E-state index in [1.807, 2.05) is 0 Å². The summed E-state index contributed by atoms with van der Waals surface area (Å²) in [7, 11) is -3.33.